The number of carbonyl (C=O) groups excluding carboxylic acids is 1. The monoisotopic (exact) mass is 314 g/mol. The van der Waals surface area contributed by atoms with E-state index in [-0.39, 0.29) is 11.8 Å². The molecule has 0 radical (unpaired) electrons. The maximum atomic E-state index is 13.0. The van der Waals surface area contributed by atoms with Crippen molar-refractivity contribution in [3.63, 3.8) is 0 Å². The van der Waals surface area contributed by atoms with Gasteiger partial charge in [0.25, 0.3) is 0 Å². The summed E-state index contributed by atoms with van der Waals surface area (Å²) in [6, 6.07) is 10.2. The molecule has 6 heteroatoms. The van der Waals surface area contributed by atoms with Gasteiger partial charge < -0.3 is 15.1 Å². The highest BCUT2D eigenvalue weighted by Gasteiger charge is 2.21. The number of benzene rings is 1. The van der Waals surface area contributed by atoms with E-state index in [1.807, 2.05) is 12.1 Å². The lowest BCUT2D eigenvalue weighted by Gasteiger charge is -2.36. The van der Waals surface area contributed by atoms with Gasteiger partial charge in [-0.1, -0.05) is 0 Å². The Morgan fingerprint density at radius 2 is 1.70 bits per heavy atom. The Morgan fingerprint density at radius 1 is 1.04 bits per heavy atom. The molecule has 0 unspecified atom stereocenters. The number of hydrogen-bond acceptors (Lipinski definition) is 3. The Labute approximate surface area is 134 Å². The average Bonchev–Trinajstić information content (AvgIpc) is 2.61. The summed E-state index contributed by atoms with van der Waals surface area (Å²) in [5, 5.41) is 2.92. The number of amides is 2. The van der Waals surface area contributed by atoms with Crippen LogP contribution in [0.15, 0.2) is 48.8 Å². The van der Waals surface area contributed by atoms with Crippen LogP contribution in [-0.4, -0.2) is 42.1 Å². The van der Waals surface area contributed by atoms with Gasteiger partial charge in [-0.3, -0.25) is 4.98 Å². The van der Waals surface area contributed by atoms with Gasteiger partial charge in [-0.15, -0.1) is 0 Å². The highest BCUT2D eigenvalue weighted by molar-refractivity contribution is 5.74. The van der Waals surface area contributed by atoms with Gasteiger partial charge in [0.15, 0.2) is 0 Å². The second-order valence-corrected chi connectivity index (χ2v) is 5.46. The second-order valence-electron chi connectivity index (χ2n) is 5.46. The van der Waals surface area contributed by atoms with Gasteiger partial charge in [-0.25, -0.2) is 9.18 Å². The van der Waals surface area contributed by atoms with Crippen LogP contribution in [0.2, 0.25) is 0 Å². The predicted molar refractivity (Wildman–Crippen MR) is 86.7 cm³/mol. The van der Waals surface area contributed by atoms with E-state index in [1.165, 1.54) is 12.1 Å². The predicted octanol–water partition coefficient (Wildman–Crippen LogP) is 2.25. The fourth-order valence-electron chi connectivity index (χ4n) is 2.61. The van der Waals surface area contributed by atoms with Crippen LogP contribution in [0.25, 0.3) is 0 Å². The molecular weight excluding hydrogens is 295 g/mol. The van der Waals surface area contributed by atoms with Gasteiger partial charge in [0.05, 0.1) is 0 Å². The number of hydrogen-bond donors (Lipinski definition) is 1. The summed E-state index contributed by atoms with van der Waals surface area (Å²) in [7, 11) is 0. The number of urea groups is 1. The number of anilines is 1. The molecule has 0 atom stereocenters. The molecule has 0 saturated carbocycles. The number of piperazine rings is 1. The first-order valence-electron chi connectivity index (χ1n) is 7.64. The molecule has 0 spiro atoms. The Bertz CT molecular complexity index is 639. The Kier molecular flexibility index (Phi) is 4.71. The molecule has 3 rings (SSSR count). The Morgan fingerprint density at radius 3 is 2.35 bits per heavy atom. The van der Waals surface area contributed by atoms with Crippen molar-refractivity contribution in [3.8, 4) is 0 Å². The number of halogens is 1. The molecule has 1 aliphatic heterocycles. The maximum absolute atomic E-state index is 13.0. The van der Waals surface area contributed by atoms with Gasteiger partial charge >= 0.3 is 6.03 Å². The fraction of sp³-hybridized carbons (Fsp3) is 0.294. The van der Waals surface area contributed by atoms with Crippen LogP contribution in [0.3, 0.4) is 0 Å². The van der Waals surface area contributed by atoms with Crippen molar-refractivity contribution in [1.29, 1.82) is 0 Å². The third kappa shape index (κ3) is 3.97. The van der Waals surface area contributed by atoms with Crippen LogP contribution in [0, 0.1) is 5.82 Å². The van der Waals surface area contributed by atoms with Gasteiger partial charge in [0.1, 0.15) is 5.82 Å². The molecule has 1 aliphatic rings. The zero-order chi connectivity index (χ0) is 16.1. The van der Waals surface area contributed by atoms with E-state index in [0.717, 1.165) is 24.3 Å². The molecule has 23 heavy (non-hydrogen) atoms. The summed E-state index contributed by atoms with van der Waals surface area (Å²) in [5.74, 6) is -0.233. The lowest BCUT2D eigenvalue weighted by molar-refractivity contribution is 0.194. The summed E-state index contributed by atoms with van der Waals surface area (Å²) in [6.45, 7) is 3.29. The van der Waals surface area contributed by atoms with Gasteiger partial charge in [-0.05, 0) is 42.0 Å². The average molecular weight is 314 g/mol. The van der Waals surface area contributed by atoms with Gasteiger partial charge in [-0.2, -0.15) is 0 Å². The van der Waals surface area contributed by atoms with Crippen LogP contribution in [-0.2, 0) is 6.54 Å². The lowest BCUT2D eigenvalue weighted by Crippen LogP contribution is -2.51. The van der Waals surface area contributed by atoms with E-state index >= 15 is 0 Å². The number of carbonyl (C=O) groups is 1. The zero-order valence-electron chi connectivity index (χ0n) is 12.8. The van der Waals surface area contributed by atoms with Gasteiger partial charge in [0.2, 0.25) is 0 Å². The molecule has 1 aromatic carbocycles. The SMILES string of the molecule is O=C(NCc1ccncc1)N1CCN(c2ccc(F)cc2)CC1. The molecule has 5 nitrogen and oxygen atoms in total. The third-order valence-electron chi connectivity index (χ3n) is 3.95. The first kappa shape index (κ1) is 15.3. The largest absolute Gasteiger partial charge is 0.368 e. The topological polar surface area (TPSA) is 48.5 Å². The highest BCUT2D eigenvalue weighted by atomic mass is 19.1. The lowest BCUT2D eigenvalue weighted by atomic mass is 10.2. The number of pyridine rings is 1. The van der Waals surface area contributed by atoms with E-state index in [2.05, 4.69) is 15.2 Å². The van der Waals surface area contributed by atoms with Crippen LogP contribution < -0.4 is 10.2 Å². The normalized spacial score (nSPS) is 14.7. The molecule has 0 aliphatic carbocycles. The van der Waals surface area contributed by atoms with E-state index in [1.54, 1.807) is 29.4 Å². The van der Waals surface area contributed by atoms with E-state index in [9.17, 15) is 9.18 Å². The highest BCUT2D eigenvalue weighted by Crippen LogP contribution is 2.16. The number of nitrogens with zero attached hydrogens (tertiary/aromatic N) is 3. The molecular formula is C17H19FN4O. The van der Waals surface area contributed by atoms with Crippen molar-refractivity contribution in [2.24, 2.45) is 0 Å². The van der Waals surface area contributed by atoms with E-state index in [4.69, 9.17) is 0 Å². The summed E-state index contributed by atoms with van der Waals surface area (Å²) in [5.41, 5.74) is 2.02. The molecule has 120 valence electrons. The standard InChI is InChI=1S/C17H19FN4O/c18-15-1-3-16(4-2-15)21-9-11-22(12-10-21)17(23)20-13-14-5-7-19-8-6-14/h1-8H,9-13H2,(H,20,23). The molecule has 2 amide bonds. The minimum atomic E-state index is -0.233. The van der Waals surface area contributed by atoms with E-state index in [0.29, 0.717) is 19.6 Å². The van der Waals surface area contributed by atoms with Crippen molar-refractivity contribution in [3.05, 3.63) is 60.2 Å². The molecule has 2 heterocycles. The Balaban J connectivity index is 1.48. The number of rotatable bonds is 3. The van der Waals surface area contributed by atoms with Crippen molar-refractivity contribution in [1.82, 2.24) is 15.2 Å². The Hall–Kier alpha value is -2.63. The molecule has 2 aromatic rings. The molecule has 1 saturated heterocycles. The van der Waals surface area contributed by atoms with E-state index < -0.39 is 0 Å². The first-order valence-corrected chi connectivity index (χ1v) is 7.64. The van der Waals surface area contributed by atoms with Crippen molar-refractivity contribution < 1.29 is 9.18 Å². The molecule has 1 fully saturated rings. The molecule has 1 N–H and O–H groups in total. The van der Waals surface area contributed by atoms with Crippen molar-refractivity contribution in [2.45, 2.75) is 6.54 Å². The summed E-state index contributed by atoms with van der Waals surface area (Å²) in [6.07, 6.45) is 3.42. The summed E-state index contributed by atoms with van der Waals surface area (Å²) < 4.78 is 13.0. The smallest absolute Gasteiger partial charge is 0.317 e. The van der Waals surface area contributed by atoms with Crippen molar-refractivity contribution in [2.75, 3.05) is 31.1 Å². The quantitative estimate of drug-likeness (QED) is 0.945. The maximum Gasteiger partial charge on any atom is 0.317 e. The van der Waals surface area contributed by atoms with Crippen LogP contribution in [0.4, 0.5) is 14.9 Å². The minimum absolute atomic E-state index is 0.0550. The number of nitrogens with one attached hydrogen (secondary N) is 1. The minimum Gasteiger partial charge on any atom is -0.368 e. The number of aromatic nitrogens is 1. The van der Waals surface area contributed by atoms with Crippen LogP contribution in [0.1, 0.15) is 5.56 Å². The first-order chi connectivity index (χ1) is 11.2. The van der Waals surface area contributed by atoms with Crippen LogP contribution >= 0.6 is 0 Å². The van der Waals surface area contributed by atoms with Gasteiger partial charge in [0, 0.05) is 50.8 Å². The second kappa shape index (κ2) is 7.09. The molecule has 1 aromatic heterocycles. The molecule has 0 bridgehead atoms. The summed E-state index contributed by atoms with van der Waals surface area (Å²) >= 11 is 0. The zero-order valence-corrected chi connectivity index (χ0v) is 12.8. The van der Waals surface area contributed by atoms with Crippen molar-refractivity contribution >= 4 is 11.7 Å². The third-order valence-corrected chi connectivity index (χ3v) is 3.95. The van der Waals surface area contributed by atoms with Crippen LogP contribution in [0.5, 0.6) is 0 Å². The summed E-state index contributed by atoms with van der Waals surface area (Å²) in [4.78, 5) is 20.1. The fourth-order valence-corrected chi connectivity index (χ4v) is 2.61.